The molecule has 0 bridgehead atoms. The second-order valence-corrected chi connectivity index (χ2v) is 4.84. The van der Waals surface area contributed by atoms with E-state index in [-0.39, 0.29) is 5.78 Å². The Morgan fingerprint density at radius 3 is 2.75 bits per heavy atom. The predicted octanol–water partition coefficient (Wildman–Crippen LogP) is 3.99. The maximum Gasteiger partial charge on any atom is 0.187 e. The van der Waals surface area contributed by atoms with E-state index in [4.69, 9.17) is 0 Å². The monoisotopic (exact) mass is 244 g/mol. The number of rotatable bonds is 1. The van der Waals surface area contributed by atoms with Crippen molar-refractivity contribution in [2.45, 2.75) is 4.90 Å². The average Bonchev–Trinajstić information content (AvgIpc) is 2.33. The van der Waals surface area contributed by atoms with Crippen LogP contribution in [0.15, 0.2) is 41.3 Å². The van der Waals surface area contributed by atoms with Crippen LogP contribution in [-0.4, -0.2) is 5.78 Å². The van der Waals surface area contributed by atoms with Crippen LogP contribution in [0.4, 0.5) is 0 Å². The lowest BCUT2D eigenvalue weighted by atomic mass is 9.92. The zero-order valence-corrected chi connectivity index (χ0v) is 10.0. The predicted molar refractivity (Wildman–Crippen MR) is 72.2 cm³/mol. The van der Waals surface area contributed by atoms with Crippen molar-refractivity contribution in [2.75, 3.05) is 0 Å². The highest BCUT2D eigenvalue weighted by molar-refractivity contribution is 8.68. The van der Waals surface area contributed by atoms with E-state index in [0.717, 1.165) is 26.8 Å². The van der Waals surface area contributed by atoms with Gasteiger partial charge >= 0.3 is 0 Å². The molecule has 0 aromatic heterocycles. The summed E-state index contributed by atoms with van der Waals surface area (Å²) in [7, 11) is 1.32. The number of carbonyl (C=O) groups excluding carboxylic acids is 1. The fraction of sp³-hybridized carbons (Fsp3) is 0. The summed E-state index contributed by atoms with van der Waals surface area (Å²) >= 11 is 4.20. The van der Waals surface area contributed by atoms with Gasteiger partial charge in [-0.2, -0.15) is 0 Å². The molecule has 0 spiro atoms. The van der Waals surface area contributed by atoms with Gasteiger partial charge in [-0.1, -0.05) is 41.1 Å². The van der Waals surface area contributed by atoms with Crippen LogP contribution in [0.5, 0.6) is 0 Å². The standard InChI is InChI=1S/C13H8OS2/c14-10-6-4-8-2-1-3-9-5-7-11(16-15)13(10)12(8)9/h1-7,15H. The van der Waals surface area contributed by atoms with Crippen molar-refractivity contribution >= 4 is 45.1 Å². The molecule has 0 amide bonds. The van der Waals surface area contributed by atoms with Gasteiger partial charge in [0.05, 0.1) is 0 Å². The summed E-state index contributed by atoms with van der Waals surface area (Å²) in [6.45, 7) is 0. The van der Waals surface area contributed by atoms with Crippen molar-refractivity contribution < 1.29 is 4.79 Å². The summed E-state index contributed by atoms with van der Waals surface area (Å²) in [6.07, 6.45) is 3.51. The molecule has 78 valence electrons. The summed E-state index contributed by atoms with van der Waals surface area (Å²) in [6, 6.07) is 10.1. The molecule has 0 saturated carbocycles. The molecule has 0 radical (unpaired) electrons. The third-order valence-electron chi connectivity index (χ3n) is 2.80. The highest BCUT2D eigenvalue weighted by Crippen LogP contribution is 2.36. The fourth-order valence-electron chi connectivity index (χ4n) is 2.10. The van der Waals surface area contributed by atoms with Crippen molar-refractivity contribution in [1.82, 2.24) is 0 Å². The fourth-order valence-corrected chi connectivity index (χ4v) is 2.98. The van der Waals surface area contributed by atoms with Gasteiger partial charge in [0.15, 0.2) is 5.78 Å². The summed E-state index contributed by atoms with van der Waals surface area (Å²) in [5, 5.41) is 2.16. The average molecular weight is 244 g/mol. The Bertz CT molecular complexity index is 629. The summed E-state index contributed by atoms with van der Waals surface area (Å²) in [5.41, 5.74) is 1.90. The first kappa shape index (κ1) is 10.00. The second-order valence-electron chi connectivity index (χ2n) is 3.67. The lowest BCUT2D eigenvalue weighted by molar-refractivity contribution is 0.104. The first-order chi connectivity index (χ1) is 7.81. The van der Waals surface area contributed by atoms with Crippen LogP contribution in [0.2, 0.25) is 0 Å². The summed E-state index contributed by atoms with van der Waals surface area (Å²) in [4.78, 5) is 12.8. The molecule has 1 aliphatic carbocycles. The molecule has 0 aliphatic heterocycles. The van der Waals surface area contributed by atoms with Gasteiger partial charge in [0.1, 0.15) is 0 Å². The molecule has 0 heterocycles. The zero-order valence-electron chi connectivity index (χ0n) is 8.31. The third kappa shape index (κ3) is 1.32. The second kappa shape index (κ2) is 3.68. The summed E-state index contributed by atoms with van der Waals surface area (Å²) < 4.78 is 0. The molecule has 2 aromatic rings. The van der Waals surface area contributed by atoms with Crippen LogP contribution in [0.3, 0.4) is 0 Å². The van der Waals surface area contributed by atoms with Crippen LogP contribution >= 0.6 is 22.5 Å². The van der Waals surface area contributed by atoms with E-state index in [9.17, 15) is 4.79 Å². The van der Waals surface area contributed by atoms with E-state index in [2.05, 4.69) is 11.7 Å². The van der Waals surface area contributed by atoms with Crippen LogP contribution in [0, 0.1) is 0 Å². The van der Waals surface area contributed by atoms with Crippen LogP contribution in [0.25, 0.3) is 16.8 Å². The number of ketones is 1. The van der Waals surface area contributed by atoms with Crippen molar-refractivity contribution in [3.05, 3.63) is 47.5 Å². The highest BCUT2D eigenvalue weighted by Gasteiger charge is 2.18. The van der Waals surface area contributed by atoms with Gasteiger partial charge in [-0.05, 0) is 23.1 Å². The zero-order chi connectivity index (χ0) is 11.1. The van der Waals surface area contributed by atoms with Gasteiger partial charge in [0.2, 0.25) is 0 Å². The topological polar surface area (TPSA) is 17.1 Å². The number of hydrogen-bond donors (Lipinski definition) is 1. The first-order valence-electron chi connectivity index (χ1n) is 4.91. The van der Waals surface area contributed by atoms with E-state index >= 15 is 0 Å². The van der Waals surface area contributed by atoms with Crippen molar-refractivity contribution in [3.8, 4) is 0 Å². The summed E-state index contributed by atoms with van der Waals surface area (Å²) in [5.74, 6) is 0.0702. The maximum absolute atomic E-state index is 11.9. The molecule has 0 saturated heterocycles. The van der Waals surface area contributed by atoms with Crippen LogP contribution in [-0.2, 0) is 0 Å². The number of carbonyl (C=O) groups is 1. The normalized spacial score (nSPS) is 13.4. The first-order valence-corrected chi connectivity index (χ1v) is 6.78. The van der Waals surface area contributed by atoms with Crippen molar-refractivity contribution in [1.29, 1.82) is 0 Å². The number of allylic oxidation sites excluding steroid dienone is 1. The molecule has 1 nitrogen and oxygen atoms in total. The smallest absolute Gasteiger partial charge is 0.187 e. The molecule has 0 N–H and O–H groups in total. The minimum Gasteiger partial charge on any atom is -0.289 e. The lowest BCUT2D eigenvalue weighted by Gasteiger charge is -2.14. The van der Waals surface area contributed by atoms with Crippen molar-refractivity contribution in [2.24, 2.45) is 0 Å². The molecular weight excluding hydrogens is 236 g/mol. The number of hydrogen-bond acceptors (Lipinski definition) is 3. The third-order valence-corrected chi connectivity index (χ3v) is 3.93. The number of thiol groups is 1. The van der Waals surface area contributed by atoms with E-state index in [0.29, 0.717) is 0 Å². The number of benzene rings is 2. The molecule has 2 aromatic carbocycles. The minimum atomic E-state index is 0.0702. The Morgan fingerprint density at radius 1 is 1.06 bits per heavy atom. The van der Waals surface area contributed by atoms with Crippen molar-refractivity contribution in [3.63, 3.8) is 0 Å². The van der Waals surface area contributed by atoms with Gasteiger partial charge in [-0.25, -0.2) is 0 Å². The molecule has 1 aliphatic rings. The van der Waals surface area contributed by atoms with Crippen LogP contribution < -0.4 is 0 Å². The molecular formula is C13H8OS2. The Kier molecular flexibility index (Phi) is 2.30. The molecule has 0 fully saturated rings. The molecule has 0 unspecified atom stereocenters. The van der Waals surface area contributed by atoms with Gasteiger partial charge in [-0.15, -0.1) is 11.7 Å². The van der Waals surface area contributed by atoms with Gasteiger partial charge in [0, 0.05) is 15.8 Å². The van der Waals surface area contributed by atoms with E-state index in [1.807, 2.05) is 36.4 Å². The van der Waals surface area contributed by atoms with E-state index in [1.54, 1.807) is 6.08 Å². The Hall–Kier alpha value is -1.19. The van der Waals surface area contributed by atoms with Gasteiger partial charge < -0.3 is 0 Å². The Morgan fingerprint density at radius 2 is 1.94 bits per heavy atom. The molecule has 16 heavy (non-hydrogen) atoms. The SMILES string of the molecule is O=C1C=Cc2cccc3ccc(SS)c1c23. The maximum atomic E-state index is 11.9. The lowest BCUT2D eigenvalue weighted by Crippen LogP contribution is -2.03. The van der Waals surface area contributed by atoms with Crippen LogP contribution in [0.1, 0.15) is 15.9 Å². The van der Waals surface area contributed by atoms with Gasteiger partial charge in [0.25, 0.3) is 0 Å². The molecule has 0 atom stereocenters. The molecule has 3 heteroatoms. The van der Waals surface area contributed by atoms with Gasteiger partial charge in [-0.3, -0.25) is 4.79 Å². The highest BCUT2D eigenvalue weighted by atomic mass is 33.1. The van der Waals surface area contributed by atoms with E-state index in [1.165, 1.54) is 10.8 Å². The minimum absolute atomic E-state index is 0.0702. The largest absolute Gasteiger partial charge is 0.289 e. The Balaban J connectivity index is 2.53. The van der Waals surface area contributed by atoms with E-state index < -0.39 is 0 Å². The Labute approximate surface area is 102 Å². The molecule has 3 rings (SSSR count). The quantitative estimate of drug-likeness (QED) is 0.603.